The highest BCUT2D eigenvalue weighted by molar-refractivity contribution is 5.94. The minimum Gasteiger partial charge on any atom is -0.480 e. The molecule has 108 valence electrons. The van der Waals surface area contributed by atoms with Crippen LogP contribution in [0.5, 0.6) is 0 Å². The van der Waals surface area contributed by atoms with Crippen LogP contribution in [-0.2, 0) is 9.59 Å². The summed E-state index contributed by atoms with van der Waals surface area (Å²) >= 11 is 0. The number of aliphatic carboxylic acids is 1. The summed E-state index contributed by atoms with van der Waals surface area (Å²) in [6.45, 7) is 1.73. The molecule has 1 aromatic carbocycles. The zero-order chi connectivity index (χ0) is 15.3. The topological polar surface area (TPSA) is 130 Å². The average Bonchev–Trinajstić information content (AvgIpc) is 2.38. The van der Waals surface area contributed by atoms with E-state index in [4.69, 9.17) is 15.9 Å². The minimum atomic E-state index is -1.16. The number of amides is 1. The third-order valence-corrected chi connectivity index (χ3v) is 2.76. The Morgan fingerprint density at radius 1 is 1.30 bits per heavy atom. The SMILES string of the molecule is Cc1ccc(C(=O)O)cc1NC(=O)CC[C@H](N)C(=O)O. The maximum Gasteiger partial charge on any atom is 0.335 e. The number of aryl methyl sites for hydroxylation is 1. The summed E-state index contributed by atoms with van der Waals surface area (Å²) in [5.41, 5.74) is 6.46. The Bertz CT molecular complexity index is 542. The van der Waals surface area contributed by atoms with Crippen LogP contribution < -0.4 is 11.1 Å². The first-order valence-corrected chi connectivity index (χ1v) is 5.93. The van der Waals surface area contributed by atoms with E-state index in [-0.39, 0.29) is 18.4 Å². The van der Waals surface area contributed by atoms with E-state index in [0.717, 1.165) is 0 Å². The Kier molecular flexibility index (Phi) is 5.22. The molecule has 1 amide bonds. The zero-order valence-corrected chi connectivity index (χ0v) is 10.9. The predicted molar refractivity (Wildman–Crippen MR) is 71.6 cm³/mol. The molecule has 0 aliphatic carbocycles. The molecule has 1 atom stereocenters. The molecule has 0 spiro atoms. The third kappa shape index (κ3) is 4.36. The highest BCUT2D eigenvalue weighted by Crippen LogP contribution is 2.17. The van der Waals surface area contributed by atoms with E-state index < -0.39 is 23.9 Å². The van der Waals surface area contributed by atoms with Gasteiger partial charge in [-0.3, -0.25) is 9.59 Å². The Morgan fingerprint density at radius 2 is 1.95 bits per heavy atom. The summed E-state index contributed by atoms with van der Waals surface area (Å²) in [7, 11) is 0. The molecule has 0 unspecified atom stereocenters. The number of carboxylic acid groups (broad SMARTS) is 2. The minimum absolute atomic E-state index is 0.0127. The van der Waals surface area contributed by atoms with Crippen molar-refractivity contribution in [3.8, 4) is 0 Å². The van der Waals surface area contributed by atoms with Crippen molar-refractivity contribution in [1.82, 2.24) is 0 Å². The molecule has 0 aliphatic heterocycles. The molecule has 0 bridgehead atoms. The van der Waals surface area contributed by atoms with E-state index in [1.807, 2.05) is 0 Å². The second-order valence-electron chi connectivity index (χ2n) is 4.37. The molecule has 0 aliphatic rings. The lowest BCUT2D eigenvalue weighted by Crippen LogP contribution is -2.31. The summed E-state index contributed by atoms with van der Waals surface area (Å²) < 4.78 is 0. The Morgan fingerprint density at radius 3 is 2.50 bits per heavy atom. The molecular formula is C13H16N2O5. The molecular weight excluding hydrogens is 264 g/mol. The van der Waals surface area contributed by atoms with Crippen molar-refractivity contribution in [2.45, 2.75) is 25.8 Å². The standard InChI is InChI=1S/C13H16N2O5/c1-7-2-3-8(12(17)18)6-10(7)15-11(16)5-4-9(14)13(19)20/h2-3,6,9H,4-5,14H2,1H3,(H,15,16)(H,17,18)(H,19,20)/t9-/m0/s1. The average molecular weight is 280 g/mol. The normalized spacial score (nSPS) is 11.7. The van der Waals surface area contributed by atoms with Gasteiger partial charge in [0.2, 0.25) is 5.91 Å². The summed E-state index contributed by atoms with van der Waals surface area (Å²) in [6.07, 6.45) is -0.0386. The number of carbonyl (C=O) groups excluding carboxylic acids is 1. The van der Waals surface area contributed by atoms with E-state index in [0.29, 0.717) is 11.3 Å². The number of hydrogen-bond donors (Lipinski definition) is 4. The van der Waals surface area contributed by atoms with E-state index >= 15 is 0 Å². The van der Waals surface area contributed by atoms with Crippen molar-refractivity contribution < 1.29 is 24.6 Å². The highest BCUT2D eigenvalue weighted by atomic mass is 16.4. The van der Waals surface area contributed by atoms with Crippen LogP contribution >= 0.6 is 0 Å². The van der Waals surface area contributed by atoms with Crippen molar-refractivity contribution in [3.05, 3.63) is 29.3 Å². The Labute approximate surface area is 115 Å². The number of hydrogen-bond acceptors (Lipinski definition) is 4. The molecule has 0 saturated heterocycles. The fourth-order valence-electron chi connectivity index (χ4n) is 1.51. The fraction of sp³-hybridized carbons (Fsp3) is 0.308. The summed E-state index contributed by atoms with van der Waals surface area (Å²) in [6, 6.07) is 3.29. The molecule has 5 N–H and O–H groups in total. The van der Waals surface area contributed by atoms with Gasteiger partial charge in [-0.1, -0.05) is 6.07 Å². The van der Waals surface area contributed by atoms with E-state index in [1.54, 1.807) is 13.0 Å². The number of benzene rings is 1. The second kappa shape index (κ2) is 6.67. The van der Waals surface area contributed by atoms with Gasteiger partial charge in [0.15, 0.2) is 0 Å². The predicted octanol–water partition coefficient (Wildman–Crippen LogP) is 0.824. The fourth-order valence-corrected chi connectivity index (χ4v) is 1.51. The van der Waals surface area contributed by atoms with Gasteiger partial charge in [-0.2, -0.15) is 0 Å². The first-order chi connectivity index (χ1) is 9.31. The van der Waals surface area contributed by atoms with Gasteiger partial charge in [0.05, 0.1) is 5.56 Å². The van der Waals surface area contributed by atoms with Gasteiger partial charge in [0.25, 0.3) is 0 Å². The first-order valence-electron chi connectivity index (χ1n) is 5.93. The van der Waals surface area contributed by atoms with Crippen molar-refractivity contribution in [2.24, 2.45) is 5.73 Å². The molecule has 0 fully saturated rings. The molecule has 20 heavy (non-hydrogen) atoms. The molecule has 1 rings (SSSR count). The number of nitrogens with two attached hydrogens (primary N) is 1. The van der Waals surface area contributed by atoms with Gasteiger partial charge in [-0.05, 0) is 31.0 Å². The Hall–Kier alpha value is -2.41. The molecule has 0 aromatic heterocycles. The van der Waals surface area contributed by atoms with E-state index in [9.17, 15) is 14.4 Å². The zero-order valence-electron chi connectivity index (χ0n) is 10.9. The summed E-state index contributed by atoms with van der Waals surface area (Å²) in [5.74, 6) is -2.66. The molecule has 0 saturated carbocycles. The van der Waals surface area contributed by atoms with E-state index in [1.165, 1.54) is 12.1 Å². The van der Waals surface area contributed by atoms with Crippen LogP contribution in [0.1, 0.15) is 28.8 Å². The molecule has 0 heterocycles. The molecule has 1 aromatic rings. The van der Waals surface area contributed by atoms with Gasteiger partial charge >= 0.3 is 11.9 Å². The quantitative estimate of drug-likeness (QED) is 0.610. The number of rotatable bonds is 6. The van der Waals surface area contributed by atoms with Crippen LogP contribution in [0.25, 0.3) is 0 Å². The van der Waals surface area contributed by atoms with Crippen molar-refractivity contribution in [2.75, 3.05) is 5.32 Å². The van der Waals surface area contributed by atoms with E-state index in [2.05, 4.69) is 5.32 Å². The molecule has 7 heteroatoms. The van der Waals surface area contributed by atoms with Crippen LogP contribution in [0.2, 0.25) is 0 Å². The van der Waals surface area contributed by atoms with Gasteiger partial charge < -0.3 is 21.3 Å². The summed E-state index contributed by atoms with van der Waals surface area (Å²) in [5, 5.41) is 20.0. The third-order valence-electron chi connectivity index (χ3n) is 2.76. The van der Waals surface area contributed by atoms with Gasteiger partial charge in [0.1, 0.15) is 6.04 Å². The number of nitrogens with one attached hydrogen (secondary N) is 1. The second-order valence-corrected chi connectivity index (χ2v) is 4.37. The maximum absolute atomic E-state index is 11.7. The maximum atomic E-state index is 11.7. The highest BCUT2D eigenvalue weighted by Gasteiger charge is 2.14. The van der Waals surface area contributed by atoms with Crippen molar-refractivity contribution >= 4 is 23.5 Å². The number of aromatic carboxylic acids is 1. The molecule has 0 radical (unpaired) electrons. The summed E-state index contributed by atoms with van der Waals surface area (Å²) in [4.78, 5) is 33.0. The molecule has 7 nitrogen and oxygen atoms in total. The van der Waals surface area contributed by atoms with Crippen molar-refractivity contribution in [1.29, 1.82) is 0 Å². The number of anilines is 1. The van der Waals surface area contributed by atoms with Crippen LogP contribution in [0.4, 0.5) is 5.69 Å². The van der Waals surface area contributed by atoms with Crippen LogP contribution in [0.15, 0.2) is 18.2 Å². The lowest BCUT2D eigenvalue weighted by molar-refractivity contribution is -0.138. The lowest BCUT2D eigenvalue weighted by atomic mass is 10.1. The monoisotopic (exact) mass is 280 g/mol. The largest absolute Gasteiger partial charge is 0.480 e. The van der Waals surface area contributed by atoms with Crippen LogP contribution in [0.3, 0.4) is 0 Å². The van der Waals surface area contributed by atoms with Crippen LogP contribution in [0, 0.1) is 6.92 Å². The van der Waals surface area contributed by atoms with Crippen LogP contribution in [-0.4, -0.2) is 34.1 Å². The number of carboxylic acids is 2. The Balaban J connectivity index is 2.68. The lowest BCUT2D eigenvalue weighted by Gasteiger charge is -2.10. The van der Waals surface area contributed by atoms with Gasteiger partial charge in [0, 0.05) is 12.1 Å². The van der Waals surface area contributed by atoms with Gasteiger partial charge in [-0.15, -0.1) is 0 Å². The van der Waals surface area contributed by atoms with Crippen molar-refractivity contribution in [3.63, 3.8) is 0 Å². The smallest absolute Gasteiger partial charge is 0.335 e. The number of carbonyl (C=O) groups is 3. The van der Waals surface area contributed by atoms with Gasteiger partial charge in [-0.25, -0.2) is 4.79 Å². The first kappa shape index (κ1) is 15.6.